The Kier molecular flexibility index (Phi) is 6.91. The summed E-state index contributed by atoms with van der Waals surface area (Å²) in [5.41, 5.74) is 4.85. The van der Waals surface area contributed by atoms with E-state index in [9.17, 15) is 14.0 Å². The van der Waals surface area contributed by atoms with Crippen molar-refractivity contribution in [2.24, 2.45) is 0 Å². The van der Waals surface area contributed by atoms with Gasteiger partial charge in [-0.3, -0.25) is 14.5 Å². The lowest BCUT2D eigenvalue weighted by molar-refractivity contribution is -0.122. The number of halogens is 1. The van der Waals surface area contributed by atoms with E-state index in [0.29, 0.717) is 11.3 Å². The SMILES string of the molecule is Cc1cc(C)c(NC(=O)CN(C)C(C)C(=O)Nc2ccc(C)c(F)c2)c(C)c1. The predicted molar refractivity (Wildman–Crippen MR) is 111 cm³/mol. The van der Waals surface area contributed by atoms with Crippen LogP contribution in [0.15, 0.2) is 30.3 Å². The van der Waals surface area contributed by atoms with Crippen LogP contribution in [0, 0.1) is 33.5 Å². The minimum absolute atomic E-state index is 0.0591. The summed E-state index contributed by atoms with van der Waals surface area (Å²) in [5.74, 6) is -0.873. The Morgan fingerprint density at radius 3 is 2.18 bits per heavy atom. The Morgan fingerprint density at radius 1 is 1.00 bits per heavy atom. The third-order valence-corrected chi connectivity index (χ3v) is 4.81. The van der Waals surface area contributed by atoms with Crippen molar-refractivity contribution in [1.82, 2.24) is 4.90 Å². The lowest BCUT2D eigenvalue weighted by atomic mass is 10.1. The normalized spacial score (nSPS) is 12.0. The van der Waals surface area contributed by atoms with Crippen molar-refractivity contribution < 1.29 is 14.0 Å². The molecule has 0 saturated heterocycles. The van der Waals surface area contributed by atoms with Gasteiger partial charge in [-0.2, -0.15) is 0 Å². The first kappa shape index (κ1) is 21.6. The van der Waals surface area contributed by atoms with Crippen molar-refractivity contribution in [2.75, 3.05) is 24.2 Å². The van der Waals surface area contributed by atoms with Gasteiger partial charge in [-0.25, -0.2) is 4.39 Å². The Bertz CT molecular complexity index is 872. The molecule has 0 aliphatic rings. The number of anilines is 2. The van der Waals surface area contributed by atoms with Gasteiger partial charge in [-0.05, 0) is 70.5 Å². The lowest BCUT2D eigenvalue weighted by Gasteiger charge is -2.24. The van der Waals surface area contributed by atoms with Crippen molar-refractivity contribution >= 4 is 23.2 Å². The summed E-state index contributed by atoms with van der Waals surface area (Å²) >= 11 is 0. The molecule has 5 nitrogen and oxygen atoms in total. The molecule has 0 bridgehead atoms. The average molecular weight is 385 g/mol. The molecule has 150 valence electrons. The Hall–Kier alpha value is -2.73. The van der Waals surface area contributed by atoms with Crippen LogP contribution in [-0.2, 0) is 9.59 Å². The summed E-state index contributed by atoms with van der Waals surface area (Å²) in [7, 11) is 1.70. The molecule has 1 unspecified atom stereocenters. The second kappa shape index (κ2) is 8.97. The number of hydrogen-bond donors (Lipinski definition) is 2. The van der Waals surface area contributed by atoms with Crippen LogP contribution < -0.4 is 10.6 Å². The Labute approximate surface area is 165 Å². The van der Waals surface area contributed by atoms with Gasteiger partial charge in [0.15, 0.2) is 0 Å². The molecule has 2 aromatic rings. The molecule has 0 aliphatic carbocycles. The summed E-state index contributed by atoms with van der Waals surface area (Å²) in [6, 6.07) is 8.02. The monoisotopic (exact) mass is 385 g/mol. The zero-order valence-electron chi connectivity index (χ0n) is 17.3. The average Bonchev–Trinajstić information content (AvgIpc) is 2.60. The molecular weight excluding hydrogens is 357 g/mol. The van der Waals surface area contributed by atoms with E-state index in [1.54, 1.807) is 37.9 Å². The molecule has 0 spiro atoms. The Morgan fingerprint density at radius 2 is 1.61 bits per heavy atom. The minimum Gasteiger partial charge on any atom is -0.325 e. The standard InChI is InChI=1S/C22H28FN3O2/c1-13-9-15(3)21(16(4)10-13)25-20(27)12-26(6)17(5)22(28)24-18-8-7-14(2)19(23)11-18/h7-11,17H,12H2,1-6H3,(H,24,28)(H,25,27). The summed E-state index contributed by atoms with van der Waals surface area (Å²) < 4.78 is 13.6. The first-order chi connectivity index (χ1) is 13.1. The maximum absolute atomic E-state index is 13.6. The lowest BCUT2D eigenvalue weighted by Crippen LogP contribution is -2.43. The molecular formula is C22H28FN3O2. The summed E-state index contributed by atoms with van der Waals surface area (Å²) in [6.07, 6.45) is 0. The van der Waals surface area contributed by atoms with Gasteiger partial charge in [0.05, 0.1) is 12.6 Å². The van der Waals surface area contributed by atoms with Crippen molar-refractivity contribution in [1.29, 1.82) is 0 Å². The number of carbonyl (C=O) groups excluding carboxylic acids is 2. The highest BCUT2D eigenvalue weighted by Gasteiger charge is 2.21. The van der Waals surface area contributed by atoms with Crippen LogP contribution in [0.1, 0.15) is 29.2 Å². The molecule has 2 aromatic carbocycles. The highest BCUT2D eigenvalue weighted by molar-refractivity contribution is 5.96. The molecule has 0 aliphatic heterocycles. The molecule has 0 saturated carbocycles. The fourth-order valence-electron chi connectivity index (χ4n) is 3.04. The van der Waals surface area contributed by atoms with E-state index in [1.807, 2.05) is 32.9 Å². The van der Waals surface area contributed by atoms with Crippen LogP contribution in [0.2, 0.25) is 0 Å². The largest absolute Gasteiger partial charge is 0.325 e. The molecule has 0 heterocycles. The quantitative estimate of drug-likeness (QED) is 0.791. The molecule has 2 rings (SSSR count). The molecule has 28 heavy (non-hydrogen) atoms. The second-order valence-electron chi connectivity index (χ2n) is 7.37. The van der Waals surface area contributed by atoms with Crippen LogP contribution in [0.4, 0.5) is 15.8 Å². The molecule has 0 aromatic heterocycles. The van der Waals surface area contributed by atoms with Crippen LogP contribution in [0.5, 0.6) is 0 Å². The van der Waals surface area contributed by atoms with Crippen LogP contribution in [0.3, 0.4) is 0 Å². The number of amides is 2. The summed E-state index contributed by atoms with van der Waals surface area (Å²) in [6.45, 7) is 9.35. The first-order valence-corrected chi connectivity index (χ1v) is 9.23. The van der Waals surface area contributed by atoms with Crippen LogP contribution in [0.25, 0.3) is 0 Å². The molecule has 2 N–H and O–H groups in total. The predicted octanol–water partition coefficient (Wildman–Crippen LogP) is 3.96. The maximum Gasteiger partial charge on any atom is 0.241 e. The number of carbonyl (C=O) groups is 2. The number of nitrogens with zero attached hydrogens (tertiary/aromatic N) is 1. The summed E-state index contributed by atoms with van der Waals surface area (Å²) in [5, 5.41) is 5.62. The molecule has 0 fully saturated rings. The fourth-order valence-corrected chi connectivity index (χ4v) is 3.04. The molecule has 1 atom stereocenters. The van der Waals surface area contributed by atoms with Crippen LogP contribution >= 0.6 is 0 Å². The highest BCUT2D eigenvalue weighted by atomic mass is 19.1. The minimum atomic E-state index is -0.560. The van der Waals surface area contributed by atoms with Gasteiger partial charge >= 0.3 is 0 Å². The number of nitrogens with one attached hydrogen (secondary N) is 2. The van der Waals surface area contributed by atoms with Gasteiger partial charge in [0.25, 0.3) is 0 Å². The second-order valence-corrected chi connectivity index (χ2v) is 7.37. The van der Waals surface area contributed by atoms with Gasteiger partial charge in [0.1, 0.15) is 5.82 Å². The summed E-state index contributed by atoms with van der Waals surface area (Å²) in [4.78, 5) is 26.5. The van der Waals surface area contributed by atoms with E-state index >= 15 is 0 Å². The maximum atomic E-state index is 13.6. The van der Waals surface area contributed by atoms with E-state index < -0.39 is 6.04 Å². The zero-order valence-corrected chi connectivity index (χ0v) is 17.3. The van der Waals surface area contributed by atoms with Crippen molar-refractivity contribution in [3.05, 3.63) is 58.4 Å². The highest BCUT2D eigenvalue weighted by Crippen LogP contribution is 2.22. The van der Waals surface area contributed by atoms with E-state index in [1.165, 1.54) is 6.07 Å². The van der Waals surface area contributed by atoms with Gasteiger partial charge in [0.2, 0.25) is 11.8 Å². The number of hydrogen-bond acceptors (Lipinski definition) is 3. The third kappa shape index (κ3) is 5.39. The van der Waals surface area contributed by atoms with Crippen molar-refractivity contribution in [2.45, 2.75) is 40.7 Å². The number of benzene rings is 2. The van der Waals surface area contributed by atoms with Crippen molar-refractivity contribution in [3.63, 3.8) is 0 Å². The Balaban J connectivity index is 1.97. The zero-order chi connectivity index (χ0) is 21.0. The fraction of sp³-hybridized carbons (Fsp3) is 0.364. The number of rotatable bonds is 6. The molecule has 6 heteroatoms. The van der Waals surface area contributed by atoms with Crippen molar-refractivity contribution in [3.8, 4) is 0 Å². The smallest absolute Gasteiger partial charge is 0.241 e. The number of aryl methyl sites for hydroxylation is 4. The van der Waals surface area contributed by atoms with E-state index in [4.69, 9.17) is 0 Å². The first-order valence-electron chi connectivity index (χ1n) is 9.23. The van der Waals surface area contributed by atoms with Gasteiger partial charge in [-0.1, -0.05) is 23.8 Å². The van der Waals surface area contributed by atoms with Gasteiger partial charge in [0, 0.05) is 11.4 Å². The third-order valence-electron chi connectivity index (χ3n) is 4.81. The van der Waals surface area contributed by atoms with E-state index in [0.717, 1.165) is 22.4 Å². The molecule has 2 amide bonds. The van der Waals surface area contributed by atoms with Gasteiger partial charge in [-0.15, -0.1) is 0 Å². The molecule has 0 radical (unpaired) electrons. The van der Waals surface area contributed by atoms with Gasteiger partial charge < -0.3 is 10.6 Å². The topological polar surface area (TPSA) is 61.4 Å². The van der Waals surface area contributed by atoms with Crippen LogP contribution in [-0.4, -0.2) is 36.3 Å². The van der Waals surface area contributed by atoms with E-state index in [-0.39, 0.29) is 24.2 Å². The number of likely N-dealkylation sites (N-methyl/N-ethyl adjacent to an activating group) is 1. The van der Waals surface area contributed by atoms with E-state index in [2.05, 4.69) is 10.6 Å².